The van der Waals surface area contributed by atoms with Crippen LogP contribution in [0.15, 0.2) is 16.6 Å². The Morgan fingerprint density at radius 3 is 2.35 bits per heavy atom. The molecular weight excluding hydrogens is 413 g/mol. The normalized spacial score (nSPS) is 11.5. The topological polar surface area (TPSA) is 111 Å². The molecule has 1 aromatic rings. The van der Waals surface area contributed by atoms with Crippen molar-refractivity contribution in [2.75, 3.05) is 20.2 Å². The van der Waals surface area contributed by atoms with Crippen LogP contribution in [0.3, 0.4) is 0 Å². The fourth-order valence-electron chi connectivity index (χ4n) is 1.61. The van der Waals surface area contributed by atoms with Crippen LogP contribution in [-0.2, 0) is 14.3 Å². The van der Waals surface area contributed by atoms with Gasteiger partial charge in [-0.1, -0.05) is 39.1 Å². The molecule has 0 aromatic heterocycles. The maximum absolute atomic E-state index is 12.3. The van der Waals surface area contributed by atoms with Crippen LogP contribution < -0.4 is 16.4 Å². The molecule has 0 fully saturated rings. The average molecular weight is 427 g/mol. The molecule has 1 atom stereocenters. The number of methoxy groups -OCH3 is 1. The molecule has 23 heavy (non-hydrogen) atoms. The Morgan fingerprint density at radius 2 is 1.87 bits per heavy atom. The number of benzene rings is 1. The van der Waals surface area contributed by atoms with Crippen molar-refractivity contribution in [2.24, 2.45) is 5.73 Å². The summed E-state index contributed by atoms with van der Waals surface area (Å²) in [4.78, 5) is 35.2. The molecule has 0 saturated carbocycles. The molecule has 0 bridgehead atoms. The van der Waals surface area contributed by atoms with Gasteiger partial charge in [-0.2, -0.15) is 0 Å². The molecule has 0 saturated heterocycles. The van der Waals surface area contributed by atoms with Crippen molar-refractivity contribution in [1.82, 2.24) is 10.6 Å². The van der Waals surface area contributed by atoms with E-state index in [-0.39, 0.29) is 28.7 Å². The minimum Gasteiger partial charge on any atom is -0.467 e. The lowest BCUT2D eigenvalue weighted by atomic mass is 10.2. The number of nitrogens with two attached hydrogens (primary N) is 1. The van der Waals surface area contributed by atoms with E-state index in [0.717, 1.165) is 7.11 Å². The quantitative estimate of drug-likeness (QED) is 0.590. The molecule has 1 rings (SSSR count). The number of amides is 2. The predicted molar refractivity (Wildman–Crippen MR) is 89.5 cm³/mol. The maximum atomic E-state index is 12.3. The highest BCUT2D eigenvalue weighted by Crippen LogP contribution is 2.29. The van der Waals surface area contributed by atoms with E-state index in [0.29, 0.717) is 4.47 Å². The molecule has 0 aliphatic carbocycles. The number of carbonyl (C=O) groups excluding carboxylic acids is 3. The van der Waals surface area contributed by atoms with Crippen molar-refractivity contribution < 1.29 is 19.1 Å². The summed E-state index contributed by atoms with van der Waals surface area (Å²) >= 11 is 15.2. The first-order chi connectivity index (χ1) is 10.8. The van der Waals surface area contributed by atoms with Gasteiger partial charge in [0.05, 0.1) is 29.3 Å². The van der Waals surface area contributed by atoms with Gasteiger partial charge in [0.25, 0.3) is 5.91 Å². The highest BCUT2D eigenvalue weighted by Gasteiger charge is 2.25. The Kier molecular flexibility index (Phi) is 7.77. The Bertz CT molecular complexity index is 604. The van der Waals surface area contributed by atoms with E-state index in [9.17, 15) is 14.4 Å². The lowest BCUT2D eigenvalue weighted by Gasteiger charge is -2.18. The minimum atomic E-state index is -1.11. The number of hydrogen-bond donors (Lipinski definition) is 3. The van der Waals surface area contributed by atoms with Crippen molar-refractivity contribution in [3.05, 3.63) is 32.2 Å². The van der Waals surface area contributed by atoms with Crippen LogP contribution in [0.2, 0.25) is 10.0 Å². The predicted octanol–water partition coefficient (Wildman–Crippen LogP) is 1.10. The van der Waals surface area contributed by atoms with Crippen molar-refractivity contribution in [1.29, 1.82) is 0 Å². The number of rotatable bonds is 6. The zero-order chi connectivity index (χ0) is 17.6. The number of esters is 1. The van der Waals surface area contributed by atoms with E-state index in [4.69, 9.17) is 28.9 Å². The van der Waals surface area contributed by atoms with Crippen molar-refractivity contribution in [3.8, 4) is 0 Å². The first-order valence-corrected chi connectivity index (χ1v) is 7.85. The van der Waals surface area contributed by atoms with Crippen LogP contribution in [0.25, 0.3) is 0 Å². The first-order valence-electron chi connectivity index (χ1n) is 6.30. The molecule has 0 spiro atoms. The molecule has 10 heteroatoms. The van der Waals surface area contributed by atoms with Crippen LogP contribution in [0, 0.1) is 0 Å². The fourth-order valence-corrected chi connectivity index (χ4v) is 2.99. The maximum Gasteiger partial charge on any atom is 0.330 e. The number of hydrogen-bond acceptors (Lipinski definition) is 5. The summed E-state index contributed by atoms with van der Waals surface area (Å²) < 4.78 is 5.19. The molecule has 2 amide bonds. The van der Waals surface area contributed by atoms with E-state index < -0.39 is 23.8 Å². The second-order valence-corrected chi connectivity index (χ2v) is 6.03. The van der Waals surface area contributed by atoms with Gasteiger partial charge < -0.3 is 21.1 Å². The molecule has 1 aromatic carbocycles. The van der Waals surface area contributed by atoms with Gasteiger partial charge in [-0.25, -0.2) is 4.79 Å². The summed E-state index contributed by atoms with van der Waals surface area (Å²) in [6, 6.07) is 1.87. The standard InChI is InChI=1S/C13H14BrCl2N3O4/c1-23-13(22)9(5-18-10(20)4-17)19-12(21)11-7(15)2-6(14)3-8(11)16/h2-3,9H,4-5,17H2,1H3,(H,18,20)(H,19,21). The zero-order valence-electron chi connectivity index (χ0n) is 12.0. The lowest BCUT2D eigenvalue weighted by Crippen LogP contribution is -2.49. The minimum absolute atomic E-state index is 0.00980. The summed E-state index contributed by atoms with van der Waals surface area (Å²) in [5.41, 5.74) is 5.17. The van der Waals surface area contributed by atoms with Gasteiger partial charge in [-0.05, 0) is 12.1 Å². The largest absolute Gasteiger partial charge is 0.467 e. The Balaban J connectivity index is 2.93. The molecule has 126 valence electrons. The van der Waals surface area contributed by atoms with Crippen molar-refractivity contribution in [2.45, 2.75) is 6.04 Å². The number of nitrogens with one attached hydrogen (secondary N) is 2. The van der Waals surface area contributed by atoms with E-state index in [2.05, 4.69) is 31.3 Å². The lowest BCUT2D eigenvalue weighted by molar-refractivity contribution is -0.142. The Hall–Kier alpha value is -1.35. The van der Waals surface area contributed by atoms with E-state index in [1.165, 1.54) is 12.1 Å². The van der Waals surface area contributed by atoms with Gasteiger partial charge >= 0.3 is 5.97 Å². The highest BCUT2D eigenvalue weighted by molar-refractivity contribution is 9.10. The molecule has 0 heterocycles. The Morgan fingerprint density at radius 1 is 1.30 bits per heavy atom. The summed E-state index contributed by atoms with van der Waals surface area (Å²) in [5, 5.41) is 5.02. The average Bonchev–Trinajstić information content (AvgIpc) is 2.49. The molecule has 1 unspecified atom stereocenters. The zero-order valence-corrected chi connectivity index (χ0v) is 15.1. The molecular formula is C13H14BrCl2N3O4. The SMILES string of the molecule is COC(=O)C(CNC(=O)CN)NC(=O)c1c(Cl)cc(Br)cc1Cl. The van der Waals surface area contributed by atoms with Crippen LogP contribution >= 0.6 is 39.1 Å². The van der Waals surface area contributed by atoms with E-state index in [1.807, 2.05) is 0 Å². The number of carbonyl (C=O) groups is 3. The summed E-state index contributed by atoms with van der Waals surface area (Å²) in [7, 11) is 1.16. The Labute approximate surface area is 150 Å². The number of ether oxygens (including phenoxy) is 1. The van der Waals surface area contributed by atoms with Crippen LogP contribution in [0.5, 0.6) is 0 Å². The molecule has 0 radical (unpaired) electrons. The number of halogens is 3. The van der Waals surface area contributed by atoms with Gasteiger partial charge in [-0.3, -0.25) is 9.59 Å². The first kappa shape index (κ1) is 19.7. The van der Waals surface area contributed by atoms with Gasteiger partial charge in [0.15, 0.2) is 0 Å². The molecule has 0 aliphatic heterocycles. The van der Waals surface area contributed by atoms with Crippen LogP contribution in [0.1, 0.15) is 10.4 Å². The highest BCUT2D eigenvalue weighted by atomic mass is 79.9. The van der Waals surface area contributed by atoms with Crippen molar-refractivity contribution in [3.63, 3.8) is 0 Å². The third kappa shape index (κ3) is 5.65. The molecule has 7 nitrogen and oxygen atoms in total. The van der Waals surface area contributed by atoms with E-state index >= 15 is 0 Å². The van der Waals surface area contributed by atoms with Crippen molar-refractivity contribution >= 4 is 56.9 Å². The van der Waals surface area contributed by atoms with Gasteiger partial charge in [0.1, 0.15) is 6.04 Å². The second kappa shape index (κ2) is 9.07. The summed E-state index contributed by atoms with van der Waals surface area (Å²) in [5.74, 6) is -1.89. The van der Waals surface area contributed by atoms with E-state index in [1.54, 1.807) is 0 Å². The fraction of sp³-hybridized carbons (Fsp3) is 0.308. The molecule has 0 aliphatic rings. The van der Waals surface area contributed by atoms with Gasteiger partial charge in [0.2, 0.25) is 5.91 Å². The summed E-state index contributed by atoms with van der Waals surface area (Å²) in [6.45, 7) is -0.424. The third-order valence-corrected chi connectivity index (χ3v) is 3.77. The third-order valence-electron chi connectivity index (χ3n) is 2.71. The smallest absolute Gasteiger partial charge is 0.330 e. The monoisotopic (exact) mass is 425 g/mol. The summed E-state index contributed by atoms with van der Waals surface area (Å²) in [6.07, 6.45) is 0. The molecule has 4 N–H and O–H groups in total. The van der Waals surface area contributed by atoms with Crippen LogP contribution in [0.4, 0.5) is 0 Å². The van der Waals surface area contributed by atoms with Gasteiger partial charge in [-0.15, -0.1) is 0 Å². The van der Waals surface area contributed by atoms with Crippen LogP contribution in [-0.4, -0.2) is 44.0 Å². The van der Waals surface area contributed by atoms with Gasteiger partial charge in [0, 0.05) is 11.0 Å². The second-order valence-electron chi connectivity index (χ2n) is 4.30.